The van der Waals surface area contributed by atoms with Crippen molar-refractivity contribution in [3.05, 3.63) is 35.4 Å². The number of likely N-dealkylation sites (N-methyl/N-ethyl adjacent to an activating group) is 1. The van der Waals surface area contributed by atoms with Gasteiger partial charge in [0.1, 0.15) is 0 Å². The summed E-state index contributed by atoms with van der Waals surface area (Å²) < 4.78 is 0. The number of aliphatic imine (C=N–C) groups is 1. The summed E-state index contributed by atoms with van der Waals surface area (Å²) in [5.41, 5.74) is 2.83. The van der Waals surface area contributed by atoms with Crippen molar-refractivity contribution < 1.29 is 0 Å². The van der Waals surface area contributed by atoms with E-state index in [1.54, 1.807) is 0 Å². The van der Waals surface area contributed by atoms with Crippen molar-refractivity contribution in [1.82, 2.24) is 20.4 Å². The number of piperazine rings is 1. The van der Waals surface area contributed by atoms with E-state index in [1.807, 2.05) is 0 Å². The van der Waals surface area contributed by atoms with E-state index in [9.17, 15) is 0 Å². The Hall–Kier alpha value is -1.59. The number of benzene rings is 1. The molecule has 1 aliphatic rings. The Bertz CT molecular complexity index is 573. The second kappa shape index (κ2) is 12.1. The van der Waals surface area contributed by atoms with Gasteiger partial charge in [-0.2, -0.15) is 0 Å². The predicted molar refractivity (Wildman–Crippen MR) is 121 cm³/mol. The summed E-state index contributed by atoms with van der Waals surface area (Å²) in [5, 5.41) is 6.88. The molecule has 1 unspecified atom stereocenters. The highest BCUT2D eigenvalue weighted by atomic mass is 15.3. The van der Waals surface area contributed by atoms with E-state index in [2.05, 4.69) is 79.4 Å². The second-order valence-corrected chi connectivity index (χ2v) is 8.33. The molecular formula is C23H41N5. The molecule has 5 nitrogen and oxygen atoms in total. The maximum Gasteiger partial charge on any atom is 0.191 e. The average molecular weight is 388 g/mol. The highest BCUT2D eigenvalue weighted by Gasteiger charge is 2.18. The number of hydrogen-bond acceptors (Lipinski definition) is 3. The minimum Gasteiger partial charge on any atom is -0.357 e. The molecule has 1 aromatic carbocycles. The third kappa shape index (κ3) is 7.80. The maximum absolute atomic E-state index is 4.82. The molecule has 0 spiro atoms. The lowest BCUT2D eigenvalue weighted by molar-refractivity contribution is 0.122. The van der Waals surface area contributed by atoms with Gasteiger partial charge in [-0.15, -0.1) is 0 Å². The van der Waals surface area contributed by atoms with Crippen molar-refractivity contribution in [3.8, 4) is 0 Å². The number of aryl methyl sites for hydroxylation is 1. The molecule has 1 fully saturated rings. The normalized spacial score (nSPS) is 17.7. The van der Waals surface area contributed by atoms with Crippen LogP contribution in [0.1, 0.15) is 51.2 Å². The van der Waals surface area contributed by atoms with Crippen LogP contribution >= 0.6 is 0 Å². The molecule has 1 atom stereocenters. The van der Waals surface area contributed by atoms with Gasteiger partial charge < -0.3 is 15.5 Å². The lowest BCUT2D eigenvalue weighted by Crippen LogP contribution is -2.49. The maximum atomic E-state index is 4.82. The van der Waals surface area contributed by atoms with Crippen molar-refractivity contribution in [2.24, 2.45) is 4.99 Å². The molecule has 2 rings (SSSR count). The molecule has 1 aromatic rings. The quantitative estimate of drug-likeness (QED) is 0.388. The van der Waals surface area contributed by atoms with Gasteiger partial charge in [0.25, 0.3) is 0 Å². The predicted octanol–water partition coefficient (Wildman–Crippen LogP) is 2.93. The molecule has 0 amide bonds. The molecule has 2 N–H and O–H groups in total. The fraction of sp³-hybridized carbons (Fsp3) is 0.696. The van der Waals surface area contributed by atoms with Crippen LogP contribution in [0.15, 0.2) is 29.3 Å². The molecule has 0 bridgehead atoms. The molecular weight excluding hydrogens is 346 g/mol. The first-order valence-corrected chi connectivity index (χ1v) is 11.0. The zero-order valence-corrected chi connectivity index (χ0v) is 18.7. The zero-order valence-electron chi connectivity index (χ0n) is 18.7. The highest BCUT2D eigenvalue weighted by molar-refractivity contribution is 5.79. The number of nitrogens with one attached hydrogen (secondary N) is 2. The SMILES string of the molecule is CCNC(=NCC(C)N1CCN(C)CC1)NCCCc1ccc(C(C)C)cc1. The van der Waals surface area contributed by atoms with Gasteiger partial charge in [-0.3, -0.25) is 9.89 Å². The molecule has 1 aliphatic heterocycles. The Balaban J connectivity index is 1.73. The lowest BCUT2D eigenvalue weighted by Gasteiger charge is -2.35. The van der Waals surface area contributed by atoms with Crippen molar-refractivity contribution in [3.63, 3.8) is 0 Å². The van der Waals surface area contributed by atoms with Gasteiger partial charge in [0.15, 0.2) is 5.96 Å². The van der Waals surface area contributed by atoms with Crippen LogP contribution in [0.2, 0.25) is 0 Å². The molecule has 28 heavy (non-hydrogen) atoms. The molecule has 0 aromatic heterocycles. The van der Waals surface area contributed by atoms with Crippen molar-refractivity contribution in [2.75, 3.05) is 52.9 Å². The van der Waals surface area contributed by atoms with Crippen LogP contribution in [0.3, 0.4) is 0 Å². The summed E-state index contributed by atoms with van der Waals surface area (Å²) in [6.07, 6.45) is 2.21. The largest absolute Gasteiger partial charge is 0.357 e. The third-order valence-corrected chi connectivity index (χ3v) is 5.60. The second-order valence-electron chi connectivity index (χ2n) is 8.33. The van der Waals surface area contributed by atoms with Gasteiger partial charge in [0.2, 0.25) is 0 Å². The van der Waals surface area contributed by atoms with Crippen LogP contribution in [-0.4, -0.2) is 74.7 Å². The van der Waals surface area contributed by atoms with E-state index < -0.39 is 0 Å². The minimum atomic E-state index is 0.489. The van der Waals surface area contributed by atoms with E-state index in [1.165, 1.54) is 11.1 Å². The molecule has 0 radical (unpaired) electrons. The molecule has 1 saturated heterocycles. The van der Waals surface area contributed by atoms with Crippen molar-refractivity contribution in [1.29, 1.82) is 0 Å². The van der Waals surface area contributed by atoms with Gasteiger partial charge in [0.05, 0.1) is 6.54 Å². The summed E-state index contributed by atoms with van der Waals surface area (Å²) in [5.74, 6) is 1.54. The van der Waals surface area contributed by atoms with E-state index in [-0.39, 0.29) is 0 Å². The summed E-state index contributed by atoms with van der Waals surface area (Å²) in [4.78, 5) is 9.77. The zero-order chi connectivity index (χ0) is 20.4. The van der Waals surface area contributed by atoms with Crippen LogP contribution in [0.5, 0.6) is 0 Å². The summed E-state index contributed by atoms with van der Waals surface area (Å²) in [6.45, 7) is 16.2. The van der Waals surface area contributed by atoms with Gasteiger partial charge in [-0.05, 0) is 50.8 Å². The Labute approximate surface area is 172 Å². The number of guanidine groups is 1. The number of hydrogen-bond donors (Lipinski definition) is 2. The lowest BCUT2D eigenvalue weighted by atomic mass is 10.0. The van der Waals surface area contributed by atoms with Crippen LogP contribution in [0.25, 0.3) is 0 Å². The van der Waals surface area contributed by atoms with E-state index in [4.69, 9.17) is 4.99 Å². The molecule has 0 saturated carbocycles. The van der Waals surface area contributed by atoms with Crippen molar-refractivity contribution in [2.45, 2.75) is 52.5 Å². The Morgan fingerprint density at radius 1 is 1.04 bits per heavy atom. The van der Waals surface area contributed by atoms with Gasteiger partial charge in [0, 0.05) is 45.3 Å². The summed E-state index contributed by atoms with van der Waals surface area (Å²) in [7, 11) is 2.20. The van der Waals surface area contributed by atoms with Crippen LogP contribution in [0.4, 0.5) is 0 Å². The molecule has 0 aliphatic carbocycles. The van der Waals surface area contributed by atoms with Crippen LogP contribution < -0.4 is 10.6 Å². The summed E-state index contributed by atoms with van der Waals surface area (Å²) in [6, 6.07) is 9.56. The molecule has 1 heterocycles. The average Bonchev–Trinajstić information content (AvgIpc) is 2.70. The van der Waals surface area contributed by atoms with Gasteiger partial charge >= 0.3 is 0 Å². The van der Waals surface area contributed by atoms with E-state index in [0.717, 1.165) is 64.6 Å². The first-order valence-electron chi connectivity index (χ1n) is 11.0. The fourth-order valence-corrected chi connectivity index (χ4v) is 3.51. The summed E-state index contributed by atoms with van der Waals surface area (Å²) >= 11 is 0. The smallest absolute Gasteiger partial charge is 0.191 e. The molecule has 158 valence electrons. The van der Waals surface area contributed by atoms with E-state index >= 15 is 0 Å². The van der Waals surface area contributed by atoms with Crippen LogP contribution in [0, 0.1) is 0 Å². The number of rotatable bonds is 9. The first-order chi connectivity index (χ1) is 13.5. The van der Waals surface area contributed by atoms with Crippen molar-refractivity contribution >= 4 is 5.96 Å². The Morgan fingerprint density at radius 2 is 1.71 bits per heavy atom. The van der Waals surface area contributed by atoms with Crippen LogP contribution in [-0.2, 0) is 6.42 Å². The standard InChI is InChI=1S/C23H41N5/c1-6-24-23(26-18-20(4)28-16-14-27(5)15-17-28)25-13-7-8-21-9-11-22(12-10-21)19(2)3/h9-12,19-20H,6-8,13-18H2,1-5H3,(H2,24,25,26). The Kier molecular flexibility index (Phi) is 9.79. The molecule has 5 heteroatoms. The first kappa shape index (κ1) is 22.7. The van der Waals surface area contributed by atoms with Gasteiger partial charge in [-0.25, -0.2) is 0 Å². The van der Waals surface area contributed by atoms with Gasteiger partial charge in [-0.1, -0.05) is 38.1 Å². The monoisotopic (exact) mass is 387 g/mol. The topological polar surface area (TPSA) is 42.9 Å². The fourth-order valence-electron chi connectivity index (χ4n) is 3.51. The number of nitrogens with zero attached hydrogens (tertiary/aromatic N) is 3. The Morgan fingerprint density at radius 3 is 2.32 bits per heavy atom. The van der Waals surface area contributed by atoms with E-state index in [0.29, 0.717) is 12.0 Å². The third-order valence-electron chi connectivity index (χ3n) is 5.60. The minimum absolute atomic E-state index is 0.489. The highest BCUT2D eigenvalue weighted by Crippen LogP contribution is 2.15.